The average Bonchev–Trinajstić information content (AvgIpc) is 2.39. The molecule has 5 nitrogen and oxygen atoms in total. The summed E-state index contributed by atoms with van der Waals surface area (Å²) in [5, 5.41) is 14.3. The van der Waals surface area contributed by atoms with Gasteiger partial charge in [-0.1, -0.05) is 19.3 Å². The largest absolute Gasteiger partial charge is 0.481 e. The van der Waals surface area contributed by atoms with Crippen molar-refractivity contribution in [2.45, 2.75) is 64.3 Å². The third kappa shape index (κ3) is 7.03. The fourth-order valence-corrected chi connectivity index (χ4v) is 2.61. The van der Waals surface area contributed by atoms with Crippen LogP contribution >= 0.6 is 0 Å². The van der Waals surface area contributed by atoms with E-state index in [0.29, 0.717) is 25.3 Å². The lowest BCUT2D eigenvalue weighted by Crippen LogP contribution is -2.44. The standard InChI is InChI=1S/C14H26N2O3/c1-11(12-7-3-2-4-8-12)16-14(19)15-10-6-5-9-13(17)18/h11-12H,2-10H2,1H3,(H,17,18)(H2,15,16,19). The van der Waals surface area contributed by atoms with Crippen molar-refractivity contribution in [2.24, 2.45) is 5.92 Å². The summed E-state index contributed by atoms with van der Waals surface area (Å²) >= 11 is 0. The van der Waals surface area contributed by atoms with Gasteiger partial charge in [-0.2, -0.15) is 0 Å². The highest BCUT2D eigenvalue weighted by molar-refractivity contribution is 5.74. The molecule has 1 atom stereocenters. The van der Waals surface area contributed by atoms with Crippen molar-refractivity contribution in [1.82, 2.24) is 10.6 Å². The molecule has 0 bridgehead atoms. The first-order chi connectivity index (χ1) is 9.09. The minimum absolute atomic E-state index is 0.131. The molecule has 0 aromatic rings. The third-order valence-corrected chi connectivity index (χ3v) is 3.82. The van der Waals surface area contributed by atoms with Crippen LogP contribution in [0.2, 0.25) is 0 Å². The van der Waals surface area contributed by atoms with E-state index in [0.717, 1.165) is 0 Å². The molecule has 0 heterocycles. The summed E-state index contributed by atoms with van der Waals surface area (Å²) in [7, 11) is 0. The first-order valence-corrected chi connectivity index (χ1v) is 7.35. The molecule has 1 aliphatic rings. The van der Waals surface area contributed by atoms with Crippen molar-refractivity contribution >= 4 is 12.0 Å². The number of unbranched alkanes of at least 4 members (excludes halogenated alkanes) is 1. The van der Waals surface area contributed by atoms with E-state index in [2.05, 4.69) is 17.6 Å². The van der Waals surface area contributed by atoms with Gasteiger partial charge in [-0.25, -0.2) is 4.79 Å². The van der Waals surface area contributed by atoms with Crippen LogP contribution in [0.3, 0.4) is 0 Å². The van der Waals surface area contributed by atoms with Gasteiger partial charge in [0.1, 0.15) is 0 Å². The van der Waals surface area contributed by atoms with Crippen molar-refractivity contribution in [2.75, 3.05) is 6.54 Å². The molecule has 1 saturated carbocycles. The predicted molar refractivity (Wildman–Crippen MR) is 74.1 cm³/mol. The molecule has 0 aromatic heterocycles. The number of carbonyl (C=O) groups excluding carboxylic acids is 1. The van der Waals surface area contributed by atoms with Crippen molar-refractivity contribution in [3.63, 3.8) is 0 Å². The monoisotopic (exact) mass is 270 g/mol. The number of aliphatic carboxylic acids is 1. The fourth-order valence-electron chi connectivity index (χ4n) is 2.61. The highest BCUT2D eigenvalue weighted by atomic mass is 16.4. The van der Waals surface area contributed by atoms with Crippen molar-refractivity contribution in [3.05, 3.63) is 0 Å². The number of carboxylic acids is 1. The van der Waals surface area contributed by atoms with Crippen LogP contribution in [-0.4, -0.2) is 29.7 Å². The minimum atomic E-state index is -0.782. The van der Waals surface area contributed by atoms with Crippen LogP contribution in [0.25, 0.3) is 0 Å². The van der Waals surface area contributed by atoms with Gasteiger partial charge in [0, 0.05) is 19.0 Å². The third-order valence-electron chi connectivity index (χ3n) is 3.82. The predicted octanol–water partition coefficient (Wildman–Crippen LogP) is 2.51. The van der Waals surface area contributed by atoms with Gasteiger partial charge < -0.3 is 15.7 Å². The van der Waals surface area contributed by atoms with E-state index >= 15 is 0 Å². The molecule has 0 spiro atoms. The molecule has 110 valence electrons. The quantitative estimate of drug-likeness (QED) is 0.622. The van der Waals surface area contributed by atoms with Crippen LogP contribution < -0.4 is 10.6 Å². The Bertz CT molecular complexity index is 288. The summed E-state index contributed by atoms with van der Waals surface area (Å²) in [5.41, 5.74) is 0. The number of rotatable bonds is 7. The molecule has 1 aliphatic carbocycles. The lowest BCUT2D eigenvalue weighted by molar-refractivity contribution is -0.137. The van der Waals surface area contributed by atoms with Crippen LogP contribution in [0, 0.1) is 5.92 Å². The second kappa shape index (κ2) is 8.77. The molecule has 1 unspecified atom stereocenters. The Balaban J connectivity index is 2.07. The van der Waals surface area contributed by atoms with Crippen molar-refractivity contribution in [3.8, 4) is 0 Å². The van der Waals surface area contributed by atoms with Gasteiger partial charge in [-0.05, 0) is 38.5 Å². The van der Waals surface area contributed by atoms with E-state index in [9.17, 15) is 9.59 Å². The molecule has 0 aliphatic heterocycles. The maximum Gasteiger partial charge on any atom is 0.315 e. The topological polar surface area (TPSA) is 78.4 Å². The minimum Gasteiger partial charge on any atom is -0.481 e. The summed E-state index contributed by atoms with van der Waals surface area (Å²) in [6.07, 6.45) is 7.76. The van der Waals surface area contributed by atoms with E-state index in [1.807, 2.05) is 0 Å². The van der Waals surface area contributed by atoms with E-state index < -0.39 is 5.97 Å². The second-order valence-corrected chi connectivity index (χ2v) is 5.44. The molecule has 19 heavy (non-hydrogen) atoms. The molecular weight excluding hydrogens is 244 g/mol. The van der Waals surface area contributed by atoms with Crippen molar-refractivity contribution in [1.29, 1.82) is 0 Å². The molecule has 5 heteroatoms. The summed E-state index contributed by atoms with van der Waals surface area (Å²) < 4.78 is 0. The molecule has 1 rings (SSSR count). The van der Waals surface area contributed by atoms with E-state index in [1.165, 1.54) is 32.1 Å². The Morgan fingerprint density at radius 2 is 1.89 bits per heavy atom. The smallest absolute Gasteiger partial charge is 0.315 e. The first kappa shape index (κ1) is 15.8. The number of carboxylic acid groups (broad SMARTS) is 1. The van der Waals surface area contributed by atoms with E-state index in [4.69, 9.17) is 5.11 Å². The van der Waals surface area contributed by atoms with Crippen LogP contribution in [0.5, 0.6) is 0 Å². The molecular formula is C14H26N2O3. The first-order valence-electron chi connectivity index (χ1n) is 7.35. The second-order valence-electron chi connectivity index (χ2n) is 5.44. The normalized spacial score (nSPS) is 17.7. The zero-order valence-corrected chi connectivity index (χ0v) is 11.8. The Morgan fingerprint density at radius 1 is 1.21 bits per heavy atom. The lowest BCUT2D eigenvalue weighted by atomic mass is 9.85. The number of carbonyl (C=O) groups is 2. The molecule has 0 aromatic carbocycles. The van der Waals surface area contributed by atoms with Crippen molar-refractivity contribution < 1.29 is 14.7 Å². The number of nitrogens with one attached hydrogen (secondary N) is 2. The Kier molecular flexibility index (Phi) is 7.30. The van der Waals surface area contributed by atoms with E-state index in [1.54, 1.807) is 0 Å². The van der Waals surface area contributed by atoms with Gasteiger partial charge in [0.15, 0.2) is 0 Å². The molecule has 0 radical (unpaired) electrons. The average molecular weight is 270 g/mol. The van der Waals surface area contributed by atoms with Crippen LogP contribution in [0.4, 0.5) is 4.79 Å². The number of urea groups is 1. The maximum absolute atomic E-state index is 11.7. The summed E-state index contributed by atoms with van der Waals surface area (Å²) in [5.74, 6) is -0.179. The number of hydrogen-bond donors (Lipinski definition) is 3. The SMILES string of the molecule is CC(NC(=O)NCCCCC(=O)O)C1CCCCC1. The van der Waals surface area contributed by atoms with Crippen LogP contribution in [0.1, 0.15) is 58.3 Å². The highest BCUT2D eigenvalue weighted by Gasteiger charge is 2.21. The zero-order valence-electron chi connectivity index (χ0n) is 11.8. The molecule has 0 saturated heterocycles. The summed E-state index contributed by atoms with van der Waals surface area (Å²) in [4.78, 5) is 22.0. The Labute approximate surface area is 115 Å². The van der Waals surface area contributed by atoms with Crippen LogP contribution in [-0.2, 0) is 4.79 Å². The van der Waals surface area contributed by atoms with E-state index in [-0.39, 0.29) is 18.5 Å². The highest BCUT2D eigenvalue weighted by Crippen LogP contribution is 2.26. The molecule has 2 amide bonds. The summed E-state index contributed by atoms with van der Waals surface area (Å²) in [6.45, 7) is 2.61. The van der Waals surface area contributed by atoms with Gasteiger partial charge in [-0.3, -0.25) is 4.79 Å². The van der Waals surface area contributed by atoms with Gasteiger partial charge in [0.05, 0.1) is 0 Å². The maximum atomic E-state index is 11.7. The number of amides is 2. The van der Waals surface area contributed by atoms with Gasteiger partial charge in [-0.15, -0.1) is 0 Å². The lowest BCUT2D eigenvalue weighted by Gasteiger charge is -2.28. The molecule has 3 N–H and O–H groups in total. The fraction of sp³-hybridized carbons (Fsp3) is 0.857. The zero-order chi connectivity index (χ0) is 14.1. The Morgan fingerprint density at radius 3 is 2.53 bits per heavy atom. The molecule has 1 fully saturated rings. The number of hydrogen-bond acceptors (Lipinski definition) is 2. The Hall–Kier alpha value is -1.26. The van der Waals surface area contributed by atoms with Gasteiger partial charge in [0.25, 0.3) is 0 Å². The van der Waals surface area contributed by atoms with Gasteiger partial charge in [0.2, 0.25) is 0 Å². The summed E-state index contributed by atoms with van der Waals surface area (Å²) in [6, 6.07) is 0.0905. The van der Waals surface area contributed by atoms with Gasteiger partial charge >= 0.3 is 12.0 Å². The van der Waals surface area contributed by atoms with Crippen LogP contribution in [0.15, 0.2) is 0 Å².